The molecule has 29 heavy (non-hydrogen) atoms. The van der Waals surface area contributed by atoms with Crippen molar-refractivity contribution in [1.29, 1.82) is 0 Å². The summed E-state index contributed by atoms with van der Waals surface area (Å²) >= 11 is 0. The third-order valence-corrected chi connectivity index (χ3v) is 7.08. The van der Waals surface area contributed by atoms with Crippen molar-refractivity contribution in [3.63, 3.8) is 0 Å². The van der Waals surface area contributed by atoms with Crippen molar-refractivity contribution in [1.82, 2.24) is 4.31 Å². The first kappa shape index (κ1) is 21.3. The molecule has 154 valence electrons. The number of hydrogen-bond acceptors (Lipinski definition) is 3. The van der Waals surface area contributed by atoms with Crippen LogP contribution in [0, 0.1) is 0 Å². The first-order chi connectivity index (χ1) is 14.0. The van der Waals surface area contributed by atoms with Gasteiger partial charge in [0.2, 0.25) is 15.9 Å². The van der Waals surface area contributed by atoms with Crippen LogP contribution in [-0.4, -0.2) is 31.7 Å². The summed E-state index contributed by atoms with van der Waals surface area (Å²) in [7, 11) is -3.45. The number of hydrogen-bond donors (Lipinski definition) is 1. The van der Waals surface area contributed by atoms with E-state index in [1.807, 2.05) is 31.2 Å². The zero-order valence-electron chi connectivity index (χ0n) is 16.8. The first-order valence-corrected chi connectivity index (χ1v) is 11.6. The molecule has 0 aromatic heterocycles. The van der Waals surface area contributed by atoms with Gasteiger partial charge in [-0.15, -0.1) is 0 Å². The maximum Gasteiger partial charge on any atom is 0.248 e. The number of rotatable bonds is 6. The molecule has 3 rings (SSSR count). The van der Waals surface area contributed by atoms with E-state index in [4.69, 9.17) is 0 Å². The fourth-order valence-corrected chi connectivity index (χ4v) is 5.00. The van der Waals surface area contributed by atoms with E-state index in [0.717, 1.165) is 48.9 Å². The second kappa shape index (κ2) is 9.85. The van der Waals surface area contributed by atoms with Crippen LogP contribution in [0.4, 0.5) is 5.69 Å². The largest absolute Gasteiger partial charge is 0.322 e. The molecule has 1 aliphatic heterocycles. The fourth-order valence-electron chi connectivity index (χ4n) is 3.48. The van der Waals surface area contributed by atoms with Gasteiger partial charge >= 0.3 is 0 Å². The third kappa shape index (κ3) is 5.55. The molecular weight excluding hydrogens is 384 g/mol. The van der Waals surface area contributed by atoms with Crippen molar-refractivity contribution < 1.29 is 13.2 Å². The van der Waals surface area contributed by atoms with E-state index in [1.165, 1.54) is 6.08 Å². The summed E-state index contributed by atoms with van der Waals surface area (Å²) in [5.74, 6) is -0.216. The molecule has 0 spiro atoms. The molecule has 1 aliphatic rings. The van der Waals surface area contributed by atoms with Gasteiger partial charge in [0.1, 0.15) is 0 Å². The maximum atomic E-state index is 12.8. The highest BCUT2D eigenvalue weighted by atomic mass is 32.2. The predicted octanol–water partition coefficient (Wildman–Crippen LogP) is 4.47. The molecule has 6 heteroatoms. The smallest absolute Gasteiger partial charge is 0.248 e. The lowest BCUT2D eigenvalue weighted by Gasteiger charge is -2.19. The first-order valence-electron chi connectivity index (χ1n) is 10.2. The summed E-state index contributed by atoms with van der Waals surface area (Å²) in [6.45, 7) is 3.22. The van der Waals surface area contributed by atoms with Gasteiger partial charge in [0.25, 0.3) is 0 Å². The minimum atomic E-state index is -3.45. The second-order valence-electron chi connectivity index (χ2n) is 7.22. The Balaban J connectivity index is 1.66. The Morgan fingerprint density at radius 3 is 2.31 bits per heavy atom. The van der Waals surface area contributed by atoms with Gasteiger partial charge in [0.05, 0.1) is 4.90 Å². The minimum absolute atomic E-state index is 0.216. The Bertz CT molecular complexity index is 958. The predicted molar refractivity (Wildman–Crippen MR) is 117 cm³/mol. The molecule has 1 heterocycles. The molecule has 2 aromatic rings. The SMILES string of the molecule is CCc1ccccc1NC(=O)C=Cc1ccc(S(=O)(=O)N2CCCCCC2)cc1. The molecule has 5 nitrogen and oxygen atoms in total. The van der Waals surface area contributed by atoms with E-state index >= 15 is 0 Å². The molecule has 1 fully saturated rings. The normalized spacial score (nSPS) is 15.9. The average molecular weight is 413 g/mol. The third-order valence-electron chi connectivity index (χ3n) is 5.17. The van der Waals surface area contributed by atoms with Crippen molar-refractivity contribution in [3.05, 3.63) is 65.7 Å². The monoisotopic (exact) mass is 412 g/mol. The lowest BCUT2D eigenvalue weighted by atomic mass is 10.1. The number of carbonyl (C=O) groups excluding carboxylic acids is 1. The molecule has 0 unspecified atom stereocenters. The number of nitrogens with zero attached hydrogens (tertiary/aromatic N) is 1. The Morgan fingerprint density at radius 1 is 1.00 bits per heavy atom. The highest BCUT2D eigenvalue weighted by Gasteiger charge is 2.24. The van der Waals surface area contributed by atoms with Gasteiger partial charge in [-0.1, -0.05) is 50.1 Å². The van der Waals surface area contributed by atoms with Crippen LogP contribution in [0.3, 0.4) is 0 Å². The molecular formula is C23H28N2O3S. The summed E-state index contributed by atoms with van der Waals surface area (Å²) in [6.07, 6.45) is 7.98. The lowest BCUT2D eigenvalue weighted by Crippen LogP contribution is -2.31. The molecule has 0 saturated carbocycles. The Hall–Kier alpha value is -2.44. The number of anilines is 1. The molecule has 0 bridgehead atoms. The van der Waals surface area contributed by atoms with Crippen LogP contribution in [0.15, 0.2) is 59.5 Å². The number of sulfonamides is 1. The van der Waals surface area contributed by atoms with Crippen molar-refractivity contribution in [2.75, 3.05) is 18.4 Å². The number of para-hydroxylation sites is 1. The van der Waals surface area contributed by atoms with E-state index < -0.39 is 10.0 Å². The molecule has 1 saturated heterocycles. The van der Waals surface area contributed by atoms with Crippen molar-refractivity contribution in [3.8, 4) is 0 Å². The van der Waals surface area contributed by atoms with E-state index in [-0.39, 0.29) is 5.91 Å². The molecule has 2 aromatic carbocycles. The molecule has 0 aliphatic carbocycles. The van der Waals surface area contributed by atoms with Crippen molar-refractivity contribution in [2.45, 2.75) is 43.9 Å². The topological polar surface area (TPSA) is 66.5 Å². The molecule has 1 N–H and O–H groups in total. The van der Waals surface area contributed by atoms with Gasteiger partial charge in [-0.25, -0.2) is 8.42 Å². The van der Waals surface area contributed by atoms with E-state index in [0.29, 0.717) is 18.0 Å². The molecule has 0 atom stereocenters. The summed E-state index contributed by atoms with van der Waals surface area (Å²) in [6, 6.07) is 14.4. The van der Waals surface area contributed by atoms with Crippen molar-refractivity contribution >= 4 is 27.7 Å². The van der Waals surface area contributed by atoms with E-state index in [9.17, 15) is 13.2 Å². The highest BCUT2D eigenvalue weighted by Crippen LogP contribution is 2.21. The van der Waals surface area contributed by atoms with E-state index in [1.54, 1.807) is 34.6 Å². The van der Waals surface area contributed by atoms with Gasteiger partial charge in [0, 0.05) is 24.9 Å². The lowest BCUT2D eigenvalue weighted by molar-refractivity contribution is -0.111. The Morgan fingerprint density at radius 2 is 1.66 bits per heavy atom. The fraction of sp³-hybridized carbons (Fsp3) is 0.348. The van der Waals surface area contributed by atoms with Gasteiger partial charge in [0.15, 0.2) is 0 Å². The summed E-state index contributed by atoms with van der Waals surface area (Å²) in [4.78, 5) is 12.5. The van der Waals surface area contributed by atoms with Crippen LogP contribution in [-0.2, 0) is 21.2 Å². The Kier molecular flexibility index (Phi) is 7.23. The van der Waals surface area contributed by atoms with Crippen LogP contribution >= 0.6 is 0 Å². The summed E-state index contributed by atoms with van der Waals surface area (Å²) in [5, 5.41) is 2.89. The van der Waals surface area contributed by atoms with E-state index in [2.05, 4.69) is 5.32 Å². The highest BCUT2D eigenvalue weighted by molar-refractivity contribution is 7.89. The summed E-state index contributed by atoms with van der Waals surface area (Å²) < 4.78 is 27.2. The van der Waals surface area contributed by atoms with Gasteiger partial charge in [-0.05, 0) is 54.7 Å². The summed E-state index contributed by atoms with van der Waals surface area (Å²) in [5.41, 5.74) is 2.67. The van der Waals surface area contributed by atoms with Crippen LogP contribution in [0.25, 0.3) is 6.08 Å². The van der Waals surface area contributed by atoms with Gasteiger partial charge in [-0.3, -0.25) is 4.79 Å². The standard InChI is InChI=1S/C23H28N2O3S/c1-2-20-9-5-6-10-22(20)24-23(26)16-13-19-11-14-21(15-12-19)29(27,28)25-17-7-3-4-8-18-25/h5-6,9-16H,2-4,7-8,17-18H2,1H3,(H,24,26). The minimum Gasteiger partial charge on any atom is -0.322 e. The molecule has 0 radical (unpaired) electrons. The number of carbonyl (C=O) groups is 1. The van der Waals surface area contributed by atoms with Crippen LogP contribution in [0.5, 0.6) is 0 Å². The Labute approximate surface area is 173 Å². The quantitative estimate of drug-likeness (QED) is 0.712. The van der Waals surface area contributed by atoms with Crippen molar-refractivity contribution in [2.24, 2.45) is 0 Å². The number of benzene rings is 2. The van der Waals surface area contributed by atoms with Crippen LogP contribution in [0.2, 0.25) is 0 Å². The zero-order chi connectivity index (χ0) is 20.7. The maximum absolute atomic E-state index is 12.8. The average Bonchev–Trinajstić information content (AvgIpc) is 3.03. The second-order valence-corrected chi connectivity index (χ2v) is 9.16. The number of nitrogens with one attached hydrogen (secondary N) is 1. The van der Waals surface area contributed by atoms with Crippen LogP contribution < -0.4 is 5.32 Å². The van der Waals surface area contributed by atoms with Gasteiger partial charge < -0.3 is 5.32 Å². The number of aryl methyl sites for hydroxylation is 1. The zero-order valence-corrected chi connectivity index (χ0v) is 17.6. The van der Waals surface area contributed by atoms with Crippen LogP contribution in [0.1, 0.15) is 43.7 Å². The molecule has 1 amide bonds. The number of amides is 1. The van der Waals surface area contributed by atoms with Gasteiger partial charge in [-0.2, -0.15) is 4.31 Å².